The van der Waals surface area contributed by atoms with E-state index in [-0.39, 0.29) is 0 Å². The third-order valence-electron chi connectivity index (χ3n) is 2.38. The summed E-state index contributed by atoms with van der Waals surface area (Å²) in [5.74, 6) is 0.701. The van der Waals surface area contributed by atoms with Crippen molar-refractivity contribution in [2.75, 3.05) is 7.11 Å². The second-order valence-electron chi connectivity index (χ2n) is 4.30. The van der Waals surface area contributed by atoms with Crippen LogP contribution in [0.15, 0.2) is 18.2 Å². The summed E-state index contributed by atoms with van der Waals surface area (Å²) >= 11 is 0. The molecule has 0 radical (unpaired) electrons. The first-order valence-corrected chi connectivity index (χ1v) is 4.97. The molecule has 0 amide bonds. The van der Waals surface area contributed by atoms with E-state index in [9.17, 15) is 4.39 Å². The van der Waals surface area contributed by atoms with Gasteiger partial charge in [0.25, 0.3) is 0 Å². The van der Waals surface area contributed by atoms with Crippen molar-refractivity contribution in [3.63, 3.8) is 0 Å². The lowest BCUT2D eigenvalue weighted by atomic mass is 9.92. The second-order valence-corrected chi connectivity index (χ2v) is 4.30. The lowest BCUT2D eigenvalue weighted by Gasteiger charge is -2.23. The Morgan fingerprint density at radius 2 is 2.00 bits per heavy atom. The van der Waals surface area contributed by atoms with Crippen molar-refractivity contribution in [2.45, 2.75) is 32.5 Å². The molecule has 2 nitrogen and oxygen atoms in total. The number of methoxy groups -OCH3 is 1. The molecule has 3 heteroatoms. The maximum absolute atomic E-state index is 13.2. The average Bonchev–Trinajstić information content (AvgIpc) is 2.15. The molecule has 0 saturated heterocycles. The third kappa shape index (κ3) is 2.69. The number of nitrogens with two attached hydrogens (primary N) is 1. The molecule has 0 heterocycles. The van der Waals surface area contributed by atoms with Gasteiger partial charge in [0.2, 0.25) is 0 Å². The summed E-state index contributed by atoms with van der Waals surface area (Å²) < 4.78 is 18.4. The molecule has 0 saturated carbocycles. The van der Waals surface area contributed by atoms with Crippen LogP contribution in [0.4, 0.5) is 4.39 Å². The van der Waals surface area contributed by atoms with E-state index in [1.54, 1.807) is 25.3 Å². The van der Waals surface area contributed by atoms with Gasteiger partial charge in [0, 0.05) is 11.1 Å². The van der Waals surface area contributed by atoms with Crippen LogP contribution in [0.1, 0.15) is 38.1 Å². The Morgan fingerprint density at radius 3 is 2.40 bits per heavy atom. The molecule has 1 aromatic carbocycles. The molecule has 0 bridgehead atoms. The van der Waals surface area contributed by atoms with Gasteiger partial charge in [-0.3, -0.25) is 0 Å². The molecule has 1 unspecified atom stereocenters. The van der Waals surface area contributed by atoms with Crippen LogP contribution in [-0.2, 0) is 5.54 Å². The molecule has 1 aromatic rings. The van der Waals surface area contributed by atoms with Crippen LogP contribution in [0.25, 0.3) is 0 Å². The Labute approximate surface area is 90.2 Å². The van der Waals surface area contributed by atoms with Crippen molar-refractivity contribution >= 4 is 0 Å². The second kappa shape index (κ2) is 4.19. The number of hydrogen-bond donors (Lipinski definition) is 1. The van der Waals surface area contributed by atoms with E-state index < -0.39 is 11.7 Å². The summed E-state index contributed by atoms with van der Waals surface area (Å²) in [4.78, 5) is 0. The Kier molecular flexibility index (Phi) is 3.35. The van der Waals surface area contributed by atoms with E-state index in [0.29, 0.717) is 11.3 Å². The molecule has 2 N–H and O–H groups in total. The molecule has 1 rings (SSSR count). The van der Waals surface area contributed by atoms with E-state index in [2.05, 4.69) is 0 Å². The first kappa shape index (κ1) is 12.0. The van der Waals surface area contributed by atoms with Gasteiger partial charge in [0.15, 0.2) is 0 Å². The van der Waals surface area contributed by atoms with Crippen molar-refractivity contribution in [3.8, 4) is 5.75 Å². The SMILES string of the molecule is COc1ccc(C(C)F)cc1C(C)(C)N. The zero-order chi connectivity index (χ0) is 11.6. The maximum atomic E-state index is 13.2. The van der Waals surface area contributed by atoms with Crippen LogP contribution >= 0.6 is 0 Å². The van der Waals surface area contributed by atoms with Gasteiger partial charge in [-0.25, -0.2) is 4.39 Å². The Morgan fingerprint density at radius 1 is 1.40 bits per heavy atom. The quantitative estimate of drug-likeness (QED) is 0.834. The van der Waals surface area contributed by atoms with Gasteiger partial charge >= 0.3 is 0 Å². The summed E-state index contributed by atoms with van der Waals surface area (Å²) in [7, 11) is 1.59. The van der Waals surface area contributed by atoms with Crippen LogP contribution in [0, 0.1) is 0 Å². The standard InChI is InChI=1S/C12H18FNO/c1-8(13)9-5-6-11(15-4)10(7-9)12(2,3)14/h5-8H,14H2,1-4H3. The third-order valence-corrected chi connectivity index (χ3v) is 2.38. The smallest absolute Gasteiger partial charge is 0.123 e. The van der Waals surface area contributed by atoms with Gasteiger partial charge in [0.05, 0.1) is 7.11 Å². The number of benzene rings is 1. The number of halogens is 1. The summed E-state index contributed by atoms with van der Waals surface area (Å²) in [6.07, 6.45) is -0.989. The monoisotopic (exact) mass is 211 g/mol. The largest absolute Gasteiger partial charge is 0.496 e. The van der Waals surface area contributed by atoms with Crippen molar-refractivity contribution < 1.29 is 9.13 Å². The first-order chi connectivity index (χ1) is 6.86. The van der Waals surface area contributed by atoms with E-state index in [1.807, 2.05) is 13.8 Å². The molecule has 0 spiro atoms. The van der Waals surface area contributed by atoms with Gasteiger partial charge in [-0.2, -0.15) is 0 Å². The molecule has 0 aliphatic rings. The van der Waals surface area contributed by atoms with Gasteiger partial charge < -0.3 is 10.5 Å². The zero-order valence-electron chi connectivity index (χ0n) is 9.67. The fourth-order valence-corrected chi connectivity index (χ4v) is 1.48. The van der Waals surface area contributed by atoms with Crippen molar-refractivity contribution in [1.82, 2.24) is 0 Å². The topological polar surface area (TPSA) is 35.2 Å². The summed E-state index contributed by atoms with van der Waals surface area (Å²) in [5.41, 5.74) is 6.92. The van der Waals surface area contributed by atoms with Crippen molar-refractivity contribution in [2.24, 2.45) is 5.73 Å². The summed E-state index contributed by atoms with van der Waals surface area (Å²) in [5, 5.41) is 0. The van der Waals surface area contributed by atoms with E-state index in [4.69, 9.17) is 10.5 Å². The van der Waals surface area contributed by atoms with Crippen LogP contribution in [-0.4, -0.2) is 7.11 Å². The minimum atomic E-state index is -0.989. The highest BCUT2D eigenvalue weighted by Crippen LogP contribution is 2.31. The molecular formula is C12H18FNO. The average molecular weight is 211 g/mol. The molecule has 15 heavy (non-hydrogen) atoms. The predicted molar refractivity (Wildman–Crippen MR) is 59.7 cm³/mol. The Hall–Kier alpha value is -1.09. The molecule has 0 aliphatic carbocycles. The molecule has 0 aliphatic heterocycles. The number of alkyl halides is 1. The normalized spacial score (nSPS) is 13.7. The van der Waals surface area contributed by atoms with Crippen LogP contribution < -0.4 is 10.5 Å². The Balaban J connectivity index is 3.26. The van der Waals surface area contributed by atoms with Gasteiger partial charge in [-0.05, 0) is 38.5 Å². The molecular weight excluding hydrogens is 193 g/mol. The van der Waals surface area contributed by atoms with E-state index in [0.717, 1.165) is 5.56 Å². The number of hydrogen-bond acceptors (Lipinski definition) is 2. The van der Waals surface area contributed by atoms with E-state index in [1.165, 1.54) is 6.92 Å². The minimum Gasteiger partial charge on any atom is -0.496 e. The number of ether oxygens (including phenoxy) is 1. The lowest BCUT2D eigenvalue weighted by Crippen LogP contribution is -2.29. The highest BCUT2D eigenvalue weighted by atomic mass is 19.1. The van der Waals surface area contributed by atoms with Gasteiger partial charge in [0.1, 0.15) is 11.9 Å². The highest BCUT2D eigenvalue weighted by Gasteiger charge is 2.20. The van der Waals surface area contributed by atoms with Crippen molar-refractivity contribution in [3.05, 3.63) is 29.3 Å². The lowest BCUT2D eigenvalue weighted by molar-refractivity contribution is 0.369. The maximum Gasteiger partial charge on any atom is 0.123 e. The van der Waals surface area contributed by atoms with Crippen LogP contribution in [0.5, 0.6) is 5.75 Å². The minimum absolute atomic E-state index is 0.532. The fraction of sp³-hybridized carbons (Fsp3) is 0.500. The summed E-state index contributed by atoms with van der Waals surface area (Å²) in [6, 6.07) is 5.25. The molecule has 1 atom stereocenters. The number of rotatable bonds is 3. The first-order valence-electron chi connectivity index (χ1n) is 4.97. The highest BCUT2D eigenvalue weighted by molar-refractivity contribution is 5.41. The van der Waals surface area contributed by atoms with Gasteiger partial charge in [-0.15, -0.1) is 0 Å². The molecule has 0 fully saturated rings. The summed E-state index contributed by atoms with van der Waals surface area (Å²) in [6.45, 7) is 5.25. The van der Waals surface area contributed by atoms with Crippen molar-refractivity contribution in [1.29, 1.82) is 0 Å². The van der Waals surface area contributed by atoms with Gasteiger partial charge in [-0.1, -0.05) is 6.07 Å². The predicted octanol–water partition coefficient (Wildman–Crippen LogP) is 2.92. The van der Waals surface area contributed by atoms with Crippen LogP contribution in [0.2, 0.25) is 0 Å². The van der Waals surface area contributed by atoms with E-state index >= 15 is 0 Å². The zero-order valence-corrected chi connectivity index (χ0v) is 9.67. The molecule has 0 aromatic heterocycles. The Bertz CT molecular complexity index is 342. The molecule has 84 valence electrons. The fourth-order valence-electron chi connectivity index (χ4n) is 1.48. The van der Waals surface area contributed by atoms with Crippen LogP contribution in [0.3, 0.4) is 0 Å².